The molecule has 0 atom stereocenters. The standard InChI is InChI=1S/C13H18FN3O3S/c14-10-4-5-12(11(15)9-10)16-13(18)3-1-6-17-7-2-8-21(17,19)20/h4-5,9H,1-3,6-8,15H2,(H,16,18). The molecule has 0 aliphatic carbocycles. The largest absolute Gasteiger partial charge is 0.397 e. The van der Waals surface area contributed by atoms with E-state index in [1.165, 1.54) is 16.4 Å². The molecule has 0 spiro atoms. The third kappa shape index (κ3) is 4.15. The summed E-state index contributed by atoms with van der Waals surface area (Å²) < 4.78 is 37.4. The van der Waals surface area contributed by atoms with Crippen LogP contribution in [0.25, 0.3) is 0 Å². The molecule has 0 radical (unpaired) electrons. The third-order valence-electron chi connectivity index (χ3n) is 3.30. The molecule has 2 rings (SSSR count). The lowest BCUT2D eigenvalue weighted by atomic mass is 10.2. The molecule has 1 fully saturated rings. The minimum absolute atomic E-state index is 0.158. The number of carbonyl (C=O) groups excluding carboxylic acids is 1. The lowest BCUT2D eigenvalue weighted by molar-refractivity contribution is -0.116. The molecule has 1 heterocycles. The van der Waals surface area contributed by atoms with Crippen molar-refractivity contribution in [2.45, 2.75) is 19.3 Å². The SMILES string of the molecule is Nc1cc(F)ccc1NC(=O)CCCN1CCCS1(=O)=O. The van der Waals surface area contributed by atoms with Gasteiger partial charge in [0.2, 0.25) is 15.9 Å². The molecule has 6 nitrogen and oxygen atoms in total. The van der Waals surface area contributed by atoms with Crippen LogP contribution in [-0.4, -0.2) is 37.5 Å². The van der Waals surface area contributed by atoms with Gasteiger partial charge in [0.1, 0.15) is 5.82 Å². The van der Waals surface area contributed by atoms with Gasteiger partial charge in [-0.05, 0) is 31.0 Å². The average Bonchev–Trinajstić information content (AvgIpc) is 2.72. The summed E-state index contributed by atoms with van der Waals surface area (Å²) in [7, 11) is -3.12. The van der Waals surface area contributed by atoms with Gasteiger partial charge in [0.25, 0.3) is 0 Å². The molecule has 1 aliphatic heterocycles. The van der Waals surface area contributed by atoms with Crippen LogP contribution in [0, 0.1) is 5.82 Å². The fourth-order valence-electron chi connectivity index (χ4n) is 2.22. The molecule has 0 bridgehead atoms. The summed E-state index contributed by atoms with van der Waals surface area (Å²) in [5, 5.41) is 2.58. The number of amides is 1. The highest BCUT2D eigenvalue weighted by Crippen LogP contribution is 2.19. The Hall–Kier alpha value is -1.67. The summed E-state index contributed by atoms with van der Waals surface area (Å²) in [6.45, 7) is 0.865. The quantitative estimate of drug-likeness (QED) is 0.798. The average molecular weight is 315 g/mol. The van der Waals surface area contributed by atoms with E-state index in [1.807, 2.05) is 0 Å². The molecule has 1 aliphatic rings. The van der Waals surface area contributed by atoms with Crippen LogP contribution in [0.2, 0.25) is 0 Å². The predicted octanol–water partition coefficient (Wildman–Crippen LogP) is 1.16. The van der Waals surface area contributed by atoms with Gasteiger partial charge < -0.3 is 11.1 Å². The first-order valence-electron chi connectivity index (χ1n) is 6.71. The van der Waals surface area contributed by atoms with Crippen molar-refractivity contribution < 1.29 is 17.6 Å². The normalized spacial score (nSPS) is 17.8. The summed E-state index contributed by atoms with van der Waals surface area (Å²) in [4.78, 5) is 11.8. The van der Waals surface area contributed by atoms with Crippen LogP contribution in [0.4, 0.5) is 15.8 Å². The summed E-state index contributed by atoms with van der Waals surface area (Å²) in [5.74, 6) is -0.555. The highest BCUT2D eigenvalue weighted by Gasteiger charge is 2.27. The van der Waals surface area contributed by atoms with Crippen LogP contribution in [0.3, 0.4) is 0 Å². The lowest BCUT2D eigenvalue weighted by Gasteiger charge is -2.14. The zero-order valence-corrected chi connectivity index (χ0v) is 12.3. The summed E-state index contributed by atoms with van der Waals surface area (Å²) in [5.41, 5.74) is 6.11. The van der Waals surface area contributed by atoms with E-state index in [9.17, 15) is 17.6 Å². The van der Waals surface area contributed by atoms with Crippen molar-refractivity contribution in [3.05, 3.63) is 24.0 Å². The van der Waals surface area contributed by atoms with E-state index in [4.69, 9.17) is 5.73 Å². The second-order valence-electron chi connectivity index (χ2n) is 4.95. The highest BCUT2D eigenvalue weighted by atomic mass is 32.2. The maximum atomic E-state index is 12.9. The number of nitrogens with one attached hydrogen (secondary N) is 1. The van der Waals surface area contributed by atoms with E-state index in [1.54, 1.807) is 0 Å². The fraction of sp³-hybridized carbons (Fsp3) is 0.462. The van der Waals surface area contributed by atoms with Crippen molar-refractivity contribution in [2.75, 3.05) is 29.9 Å². The van der Waals surface area contributed by atoms with Gasteiger partial charge in [0, 0.05) is 19.5 Å². The highest BCUT2D eigenvalue weighted by molar-refractivity contribution is 7.89. The van der Waals surface area contributed by atoms with E-state index in [2.05, 4.69) is 5.32 Å². The molecule has 1 amide bonds. The molecule has 3 N–H and O–H groups in total. The van der Waals surface area contributed by atoms with Crippen LogP contribution in [0.5, 0.6) is 0 Å². The third-order valence-corrected chi connectivity index (χ3v) is 5.26. The van der Waals surface area contributed by atoms with E-state index >= 15 is 0 Å². The molecular formula is C13H18FN3O3S. The maximum Gasteiger partial charge on any atom is 0.224 e. The molecule has 116 valence electrons. The number of sulfonamides is 1. The molecule has 1 saturated heterocycles. The molecule has 0 aromatic heterocycles. The van der Waals surface area contributed by atoms with Gasteiger partial charge in [-0.15, -0.1) is 0 Å². The minimum Gasteiger partial charge on any atom is -0.397 e. The Morgan fingerprint density at radius 1 is 1.43 bits per heavy atom. The Morgan fingerprint density at radius 3 is 2.81 bits per heavy atom. The zero-order valence-electron chi connectivity index (χ0n) is 11.5. The Morgan fingerprint density at radius 2 is 2.19 bits per heavy atom. The van der Waals surface area contributed by atoms with E-state index in [0.717, 1.165) is 6.07 Å². The number of benzene rings is 1. The van der Waals surface area contributed by atoms with Crippen molar-refractivity contribution in [1.29, 1.82) is 0 Å². The Labute approximate surface area is 123 Å². The molecule has 21 heavy (non-hydrogen) atoms. The van der Waals surface area contributed by atoms with Crippen molar-refractivity contribution in [2.24, 2.45) is 0 Å². The van der Waals surface area contributed by atoms with Crippen molar-refractivity contribution in [3.63, 3.8) is 0 Å². The molecule has 1 aromatic carbocycles. The second-order valence-corrected chi connectivity index (χ2v) is 7.04. The second kappa shape index (κ2) is 6.40. The van der Waals surface area contributed by atoms with Gasteiger partial charge in [-0.3, -0.25) is 4.79 Å². The van der Waals surface area contributed by atoms with Gasteiger partial charge in [-0.2, -0.15) is 0 Å². The van der Waals surface area contributed by atoms with Gasteiger partial charge in [-0.25, -0.2) is 17.1 Å². The van der Waals surface area contributed by atoms with Crippen molar-refractivity contribution in [1.82, 2.24) is 4.31 Å². The predicted molar refractivity (Wildman–Crippen MR) is 78.7 cm³/mol. The van der Waals surface area contributed by atoms with E-state index in [0.29, 0.717) is 31.6 Å². The van der Waals surface area contributed by atoms with Gasteiger partial charge >= 0.3 is 0 Å². The molecular weight excluding hydrogens is 297 g/mol. The number of hydrogen-bond donors (Lipinski definition) is 2. The summed E-state index contributed by atoms with van der Waals surface area (Å²) in [6, 6.07) is 3.74. The van der Waals surface area contributed by atoms with Crippen LogP contribution < -0.4 is 11.1 Å². The van der Waals surface area contributed by atoms with Gasteiger partial charge in [0.05, 0.1) is 17.1 Å². The summed E-state index contributed by atoms with van der Waals surface area (Å²) >= 11 is 0. The van der Waals surface area contributed by atoms with Crippen molar-refractivity contribution >= 4 is 27.3 Å². The maximum absolute atomic E-state index is 12.9. The number of halogens is 1. The number of carbonyl (C=O) groups is 1. The first kappa shape index (κ1) is 15.7. The first-order valence-corrected chi connectivity index (χ1v) is 8.32. The monoisotopic (exact) mass is 315 g/mol. The Bertz CT molecular complexity index is 634. The zero-order chi connectivity index (χ0) is 15.5. The van der Waals surface area contributed by atoms with E-state index in [-0.39, 0.29) is 23.8 Å². The number of nitrogens with zero attached hydrogens (tertiary/aromatic N) is 1. The van der Waals surface area contributed by atoms with Crippen LogP contribution in [-0.2, 0) is 14.8 Å². The lowest BCUT2D eigenvalue weighted by Crippen LogP contribution is -2.27. The number of nitrogen functional groups attached to an aromatic ring is 1. The summed E-state index contributed by atoms with van der Waals surface area (Å²) in [6.07, 6.45) is 1.26. The number of hydrogen-bond acceptors (Lipinski definition) is 4. The van der Waals surface area contributed by atoms with Crippen LogP contribution in [0.1, 0.15) is 19.3 Å². The van der Waals surface area contributed by atoms with Crippen LogP contribution >= 0.6 is 0 Å². The van der Waals surface area contributed by atoms with E-state index < -0.39 is 15.8 Å². The topological polar surface area (TPSA) is 92.5 Å². The van der Waals surface area contributed by atoms with Gasteiger partial charge in [-0.1, -0.05) is 0 Å². The number of rotatable bonds is 5. The fourth-order valence-corrected chi connectivity index (χ4v) is 3.79. The molecule has 8 heteroatoms. The molecule has 0 unspecified atom stereocenters. The minimum atomic E-state index is -3.12. The number of nitrogens with two attached hydrogens (primary N) is 1. The Kier molecular flexibility index (Phi) is 4.79. The van der Waals surface area contributed by atoms with Crippen LogP contribution in [0.15, 0.2) is 18.2 Å². The molecule has 1 aromatic rings. The molecule has 0 saturated carbocycles. The first-order chi connectivity index (χ1) is 9.88. The Balaban J connectivity index is 1.80. The smallest absolute Gasteiger partial charge is 0.224 e. The van der Waals surface area contributed by atoms with Crippen molar-refractivity contribution in [3.8, 4) is 0 Å². The number of anilines is 2. The van der Waals surface area contributed by atoms with Gasteiger partial charge in [0.15, 0.2) is 0 Å².